The molecule has 2 aromatic rings. The van der Waals surface area contributed by atoms with E-state index in [4.69, 9.17) is 9.47 Å². The second kappa shape index (κ2) is 10.4. The predicted molar refractivity (Wildman–Crippen MR) is 124 cm³/mol. The number of ether oxygens (including phenoxy) is 2. The number of nitrogens with zero attached hydrogens (tertiary/aromatic N) is 3. The van der Waals surface area contributed by atoms with Gasteiger partial charge >= 0.3 is 0 Å². The van der Waals surface area contributed by atoms with Gasteiger partial charge in [0.1, 0.15) is 5.70 Å². The number of anilines is 1. The molecule has 0 atom stereocenters. The van der Waals surface area contributed by atoms with Crippen molar-refractivity contribution < 1.29 is 24.0 Å². The van der Waals surface area contributed by atoms with E-state index in [2.05, 4.69) is 0 Å². The van der Waals surface area contributed by atoms with Crippen LogP contribution in [0, 0.1) is 24.0 Å². The molecule has 3 rings (SSSR count). The van der Waals surface area contributed by atoms with Gasteiger partial charge in [0.05, 0.1) is 29.4 Å². The molecule has 0 spiro atoms. The Hall–Kier alpha value is -3.56. The number of nitro groups is 1. The number of aryl methyl sites for hydroxylation is 2. The number of nitro benzene ring substituents is 1. The van der Waals surface area contributed by atoms with Crippen LogP contribution in [0.15, 0.2) is 48.2 Å². The van der Waals surface area contributed by atoms with E-state index in [1.165, 1.54) is 24.3 Å². The highest BCUT2D eigenvalue weighted by Crippen LogP contribution is 2.35. The van der Waals surface area contributed by atoms with Gasteiger partial charge in [-0.1, -0.05) is 6.07 Å². The van der Waals surface area contributed by atoms with Crippen molar-refractivity contribution in [3.63, 3.8) is 0 Å². The Morgan fingerprint density at radius 3 is 2.03 bits per heavy atom. The number of non-ortho nitro benzene ring substituents is 1. The van der Waals surface area contributed by atoms with E-state index in [1.54, 1.807) is 31.3 Å². The minimum Gasteiger partial charge on any atom is -0.383 e. The number of hydrogen-bond donors (Lipinski definition) is 0. The minimum absolute atomic E-state index is 0.0979. The molecule has 33 heavy (non-hydrogen) atoms. The fourth-order valence-corrected chi connectivity index (χ4v) is 3.66. The zero-order chi connectivity index (χ0) is 24.1. The molecule has 2 amide bonds. The van der Waals surface area contributed by atoms with E-state index in [0.29, 0.717) is 37.6 Å². The predicted octanol–water partition coefficient (Wildman–Crippen LogP) is 3.09. The molecule has 0 bridgehead atoms. The van der Waals surface area contributed by atoms with Gasteiger partial charge in [-0.3, -0.25) is 19.7 Å². The lowest BCUT2D eigenvalue weighted by molar-refractivity contribution is -0.384. The Balaban J connectivity index is 2.14. The Morgan fingerprint density at radius 2 is 1.52 bits per heavy atom. The molecule has 0 saturated heterocycles. The summed E-state index contributed by atoms with van der Waals surface area (Å²) in [6, 6.07) is 11.0. The summed E-state index contributed by atoms with van der Waals surface area (Å²) in [6.07, 6.45) is 0. The Kier molecular flexibility index (Phi) is 7.57. The Morgan fingerprint density at radius 1 is 0.909 bits per heavy atom. The van der Waals surface area contributed by atoms with Gasteiger partial charge in [0, 0.05) is 39.4 Å². The van der Waals surface area contributed by atoms with Crippen molar-refractivity contribution in [3.05, 3.63) is 75.0 Å². The SMILES string of the molecule is COCCN(CCOC)C1=C(c2ccc([N+](=O)[O-])cc2)C(=O)N(c2ccc(C)c(C)c2)C1=O. The minimum atomic E-state index is -0.508. The molecule has 0 unspecified atom stereocenters. The summed E-state index contributed by atoms with van der Waals surface area (Å²) in [6.45, 7) is 5.28. The zero-order valence-electron chi connectivity index (χ0n) is 19.2. The molecule has 0 fully saturated rings. The molecule has 9 nitrogen and oxygen atoms in total. The van der Waals surface area contributed by atoms with Gasteiger partial charge in [0.15, 0.2) is 0 Å². The first-order valence-corrected chi connectivity index (χ1v) is 10.5. The maximum absolute atomic E-state index is 13.7. The molecule has 9 heteroatoms. The van der Waals surface area contributed by atoms with Crippen molar-refractivity contribution in [1.82, 2.24) is 4.90 Å². The number of carbonyl (C=O) groups excluding carboxylic acids is 2. The standard InChI is InChI=1S/C24H27N3O6/c1-16-5-8-20(15-17(16)2)26-23(28)21(18-6-9-19(10-7-18)27(30)31)22(24(26)29)25(11-13-32-3)12-14-33-4/h5-10,15H,11-14H2,1-4H3. The highest BCUT2D eigenvalue weighted by molar-refractivity contribution is 6.45. The maximum atomic E-state index is 13.7. The van der Waals surface area contributed by atoms with Crippen LogP contribution in [-0.2, 0) is 19.1 Å². The number of hydrogen-bond acceptors (Lipinski definition) is 7. The summed E-state index contributed by atoms with van der Waals surface area (Å²) < 4.78 is 10.4. The van der Waals surface area contributed by atoms with E-state index in [-0.39, 0.29) is 17.0 Å². The molecule has 1 heterocycles. The van der Waals surface area contributed by atoms with E-state index in [1.807, 2.05) is 19.9 Å². The average Bonchev–Trinajstić information content (AvgIpc) is 3.06. The lowest BCUT2D eigenvalue weighted by Gasteiger charge is -2.25. The molecule has 1 aliphatic rings. The van der Waals surface area contributed by atoms with E-state index >= 15 is 0 Å². The summed E-state index contributed by atoms with van der Waals surface area (Å²) in [4.78, 5) is 40.8. The van der Waals surface area contributed by atoms with Crippen molar-refractivity contribution in [2.45, 2.75) is 13.8 Å². The molecule has 0 saturated carbocycles. The third kappa shape index (κ3) is 4.94. The number of carbonyl (C=O) groups is 2. The van der Waals surface area contributed by atoms with Gasteiger partial charge < -0.3 is 14.4 Å². The van der Waals surface area contributed by atoms with Gasteiger partial charge in [-0.05, 0) is 54.8 Å². The van der Waals surface area contributed by atoms with Crippen molar-refractivity contribution in [3.8, 4) is 0 Å². The Labute approximate surface area is 192 Å². The van der Waals surface area contributed by atoms with E-state index in [9.17, 15) is 19.7 Å². The summed E-state index contributed by atoms with van der Waals surface area (Å²) in [5.74, 6) is -0.934. The van der Waals surface area contributed by atoms with Gasteiger partial charge in [-0.25, -0.2) is 4.90 Å². The topological polar surface area (TPSA) is 102 Å². The molecule has 0 radical (unpaired) electrons. The summed E-state index contributed by atoms with van der Waals surface area (Å²) in [5, 5.41) is 11.1. The number of amides is 2. The van der Waals surface area contributed by atoms with Crippen LogP contribution in [-0.4, -0.2) is 62.2 Å². The van der Waals surface area contributed by atoms with Crippen molar-refractivity contribution >= 4 is 28.8 Å². The van der Waals surface area contributed by atoms with Crippen LogP contribution in [0.4, 0.5) is 11.4 Å². The van der Waals surface area contributed by atoms with E-state index < -0.39 is 16.7 Å². The summed E-state index contributed by atoms with van der Waals surface area (Å²) in [7, 11) is 3.12. The third-order valence-electron chi connectivity index (χ3n) is 5.62. The molecule has 0 N–H and O–H groups in total. The highest BCUT2D eigenvalue weighted by atomic mass is 16.6. The molecule has 2 aromatic carbocycles. The molecular formula is C24H27N3O6. The molecule has 174 valence electrons. The Bertz CT molecular complexity index is 1090. The van der Waals surface area contributed by atoms with Crippen molar-refractivity contribution in [2.24, 2.45) is 0 Å². The lowest BCUT2D eigenvalue weighted by Crippen LogP contribution is -2.37. The number of benzene rings is 2. The van der Waals surface area contributed by atoms with Crippen LogP contribution in [0.25, 0.3) is 5.57 Å². The van der Waals surface area contributed by atoms with Gasteiger partial charge in [-0.15, -0.1) is 0 Å². The second-order valence-corrected chi connectivity index (χ2v) is 7.71. The van der Waals surface area contributed by atoms with Crippen LogP contribution in [0.1, 0.15) is 16.7 Å². The molecule has 1 aliphatic heterocycles. The number of imide groups is 1. The van der Waals surface area contributed by atoms with Crippen LogP contribution in [0.5, 0.6) is 0 Å². The summed E-state index contributed by atoms with van der Waals surface area (Å²) >= 11 is 0. The normalized spacial score (nSPS) is 13.8. The largest absolute Gasteiger partial charge is 0.383 e. The summed E-state index contributed by atoms with van der Waals surface area (Å²) in [5.41, 5.74) is 3.22. The lowest BCUT2D eigenvalue weighted by atomic mass is 10.0. The van der Waals surface area contributed by atoms with Crippen LogP contribution in [0.3, 0.4) is 0 Å². The second-order valence-electron chi connectivity index (χ2n) is 7.71. The molecule has 0 aliphatic carbocycles. The highest BCUT2D eigenvalue weighted by Gasteiger charge is 2.42. The molecular weight excluding hydrogens is 426 g/mol. The van der Waals surface area contributed by atoms with Crippen molar-refractivity contribution in [1.29, 1.82) is 0 Å². The first-order valence-electron chi connectivity index (χ1n) is 10.5. The van der Waals surface area contributed by atoms with Crippen LogP contribution >= 0.6 is 0 Å². The number of rotatable bonds is 10. The van der Waals surface area contributed by atoms with Gasteiger partial charge in [0.2, 0.25) is 0 Å². The van der Waals surface area contributed by atoms with Crippen LogP contribution < -0.4 is 4.90 Å². The van der Waals surface area contributed by atoms with Gasteiger partial charge in [-0.2, -0.15) is 0 Å². The van der Waals surface area contributed by atoms with Crippen LogP contribution in [0.2, 0.25) is 0 Å². The van der Waals surface area contributed by atoms with Gasteiger partial charge in [0.25, 0.3) is 17.5 Å². The fourth-order valence-electron chi connectivity index (χ4n) is 3.66. The first-order chi connectivity index (χ1) is 15.8. The fraction of sp³-hybridized carbons (Fsp3) is 0.333. The smallest absolute Gasteiger partial charge is 0.282 e. The first kappa shape index (κ1) is 24.1. The average molecular weight is 453 g/mol. The maximum Gasteiger partial charge on any atom is 0.282 e. The monoisotopic (exact) mass is 453 g/mol. The number of methoxy groups -OCH3 is 2. The molecule has 0 aromatic heterocycles. The van der Waals surface area contributed by atoms with Crippen molar-refractivity contribution in [2.75, 3.05) is 45.4 Å². The zero-order valence-corrected chi connectivity index (χ0v) is 19.2. The van der Waals surface area contributed by atoms with E-state index in [0.717, 1.165) is 16.0 Å². The quantitative estimate of drug-likeness (QED) is 0.309. The third-order valence-corrected chi connectivity index (χ3v) is 5.62.